The lowest BCUT2D eigenvalue weighted by molar-refractivity contribution is -0.142. The number of esters is 1. The van der Waals surface area contributed by atoms with Gasteiger partial charge in [0.1, 0.15) is 0 Å². The first-order valence-corrected chi connectivity index (χ1v) is 10.3. The van der Waals surface area contributed by atoms with Crippen LogP contribution < -0.4 is 0 Å². The molecule has 0 rings (SSSR count). The van der Waals surface area contributed by atoms with Gasteiger partial charge in [-0.05, 0) is 6.42 Å². The molecule has 0 fully saturated rings. The van der Waals surface area contributed by atoms with Crippen LogP contribution in [0.15, 0.2) is 0 Å². The van der Waals surface area contributed by atoms with E-state index in [-0.39, 0.29) is 5.97 Å². The van der Waals surface area contributed by atoms with Gasteiger partial charge >= 0.3 is 5.97 Å². The third-order valence-electron chi connectivity index (χ3n) is 2.40. The first kappa shape index (κ1) is 15.7. The van der Waals surface area contributed by atoms with E-state index < -0.39 is 8.07 Å². The largest absolute Gasteiger partial charge is 0.469 e. The molecule has 0 saturated heterocycles. The van der Waals surface area contributed by atoms with Crippen LogP contribution >= 0.6 is 0 Å². The van der Waals surface area contributed by atoms with Crippen molar-refractivity contribution >= 4 is 14.0 Å². The van der Waals surface area contributed by atoms with Gasteiger partial charge in [-0.1, -0.05) is 58.7 Å². The molecular weight excluding hydrogens is 216 g/mol. The van der Waals surface area contributed by atoms with Gasteiger partial charge in [0.2, 0.25) is 0 Å². The number of ether oxygens (including phenoxy) is 1. The van der Waals surface area contributed by atoms with Gasteiger partial charge in [-0.15, -0.1) is 0 Å². The van der Waals surface area contributed by atoms with Crippen molar-refractivity contribution in [2.75, 3.05) is 6.23 Å². The quantitative estimate of drug-likeness (QED) is 0.346. The highest BCUT2D eigenvalue weighted by atomic mass is 28.3. The summed E-state index contributed by atoms with van der Waals surface area (Å²) in [5.74, 6) is -0.00193. The molecular formula is C13H28O2Si. The predicted octanol–water partition coefficient (Wildman–Crippen LogP) is 4.16. The maximum Gasteiger partial charge on any atom is 0.305 e. The Hall–Kier alpha value is -0.313. The molecule has 0 N–H and O–H groups in total. The van der Waals surface area contributed by atoms with Crippen LogP contribution in [0.25, 0.3) is 0 Å². The summed E-state index contributed by atoms with van der Waals surface area (Å²) in [7, 11) is -1.23. The van der Waals surface area contributed by atoms with Gasteiger partial charge in [-0.2, -0.15) is 0 Å². The molecule has 0 aromatic carbocycles. The molecule has 0 bridgehead atoms. The Morgan fingerprint density at radius 1 is 1.00 bits per heavy atom. The fourth-order valence-corrected chi connectivity index (χ4v) is 2.01. The molecule has 96 valence electrons. The Kier molecular flexibility index (Phi) is 8.62. The average Bonchev–Trinajstić information content (AvgIpc) is 2.19. The van der Waals surface area contributed by atoms with Crippen LogP contribution in [0.5, 0.6) is 0 Å². The molecule has 2 nitrogen and oxygen atoms in total. The Labute approximate surface area is 102 Å². The van der Waals surface area contributed by atoms with Crippen molar-refractivity contribution in [2.45, 2.75) is 71.5 Å². The van der Waals surface area contributed by atoms with Crippen molar-refractivity contribution in [3.8, 4) is 0 Å². The zero-order valence-corrected chi connectivity index (χ0v) is 12.5. The highest BCUT2D eigenvalue weighted by Gasteiger charge is 2.15. The third kappa shape index (κ3) is 11.8. The minimum Gasteiger partial charge on any atom is -0.469 e. The summed E-state index contributed by atoms with van der Waals surface area (Å²) >= 11 is 0. The summed E-state index contributed by atoms with van der Waals surface area (Å²) in [4.78, 5) is 11.4. The number of hydrogen-bond donors (Lipinski definition) is 0. The summed E-state index contributed by atoms with van der Waals surface area (Å²) in [5, 5.41) is 0. The summed E-state index contributed by atoms with van der Waals surface area (Å²) in [6, 6.07) is 0. The molecule has 0 unspecified atom stereocenters. The van der Waals surface area contributed by atoms with Gasteiger partial charge in [0.25, 0.3) is 0 Å². The van der Waals surface area contributed by atoms with Crippen LogP contribution in [-0.2, 0) is 9.53 Å². The van der Waals surface area contributed by atoms with Crippen LogP contribution in [0.1, 0.15) is 51.9 Å². The molecule has 0 saturated carbocycles. The van der Waals surface area contributed by atoms with Crippen molar-refractivity contribution in [2.24, 2.45) is 0 Å². The lowest BCUT2D eigenvalue weighted by Crippen LogP contribution is -2.29. The number of unbranched alkanes of at least 4 members (excludes halogenated alkanes) is 5. The maximum absolute atomic E-state index is 11.4. The summed E-state index contributed by atoms with van der Waals surface area (Å²) < 4.78 is 5.26. The lowest BCUT2D eigenvalue weighted by Gasteiger charge is -2.15. The topological polar surface area (TPSA) is 26.3 Å². The highest BCUT2D eigenvalue weighted by Crippen LogP contribution is 2.08. The third-order valence-corrected chi connectivity index (χ3v) is 3.41. The summed E-state index contributed by atoms with van der Waals surface area (Å²) in [6.45, 7) is 8.86. The molecule has 3 heteroatoms. The zero-order valence-electron chi connectivity index (χ0n) is 11.5. The number of hydrogen-bond acceptors (Lipinski definition) is 2. The van der Waals surface area contributed by atoms with Crippen LogP contribution in [0.3, 0.4) is 0 Å². The summed E-state index contributed by atoms with van der Waals surface area (Å²) in [5.41, 5.74) is 0. The molecule has 0 radical (unpaired) electrons. The predicted molar refractivity (Wildman–Crippen MR) is 72.3 cm³/mol. The van der Waals surface area contributed by atoms with E-state index >= 15 is 0 Å². The van der Waals surface area contributed by atoms with E-state index in [0.717, 1.165) is 6.42 Å². The molecule has 0 aliphatic carbocycles. The van der Waals surface area contributed by atoms with E-state index in [1.54, 1.807) is 0 Å². The fourth-order valence-electron chi connectivity index (χ4n) is 1.42. The second-order valence-corrected chi connectivity index (χ2v) is 11.1. The van der Waals surface area contributed by atoms with Crippen molar-refractivity contribution in [1.29, 1.82) is 0 Å². The first-order valence-electron chi connectivity index (χ1n) is 6.61. The highest BCUT2D eigenvalue weighted by molar-refractivity contribution is 6.76. The molecule has 0 aromatic rings. The SMILES string of the molecule is CCCCCCCCC(=O)OC[Si](C)(C)C. The van der Waals surface area contributed by atoms with Gasteiger partial charge in [0.05, 0.1) is 14.3 Å². The van der Waals surface area contributed by atoms with Gasteiger partial charge in [0.15, 0.2) is 0 Å². The van der Waals surface area contributed by atoms with Crippen molar-refractivity contribution in [1.82, 2.24) is 0 Å². The van der Waals surface area contributed by atoms with E-state index in [4.69, 9.17) is 4.74 Å². The Bertz CT molecular complexity index is 185. The second kappa shape index (κ2) is 8.80. The molecule has 0 atom stereocenters. The van der Waals surface area contributed by atoms with Gasteiger partial charge in [-0.25, -0.2) is 0 Å². The molecule has 0 spiro atoms. The maximum atomic E-state index is 11.4. The van der Waals surface area contributed by atoms with E-state index in [9.17, 15) is 4.79 Å². The van der Waals surface area contributed by atoms with Crippen LogP contribution in [0.2, 0.25) is 19.6 Å². The molecule has 16 heavy (non-hydrogen) atoms. The summed E-state index contributed by atoms with van der Waals surface area (Å²) in [6.07, 6.45) is 8.60. The molecule has 0 aliphatic rings. The molecule has 0 amide bonds. The normalized spacial score (nSPS) is 11.5. The smallest absolute Gasteiger partial charge is 0.305 e. The minimum atomic E-state index is -1.23. The second-order valence-electron chi connectivity index (χ2n) is 5.74. The average molecular weight is 244 g/mol. The van der Waals surface area contributed by atoms with Gasteiger partial charge < -0.3 is 4.74 Å². The van der Waals surface area contributed by atoms with Crippen molar-refractivity contribution in [3.05, 3.63) is 0 Å². The molecule has 0 aliphatic heterocycles. The standard InChI is InChI=1S/C13H28O2Si/c1-5-6-7-8-9-10-11-13(14)15-12-16(2,3)4/h5-12H2,1-4H3. The molecule has 0 aromatic heterocycles. The minimum absolute atomic E-state index is 0.00193. The van der Waals surface area contributed by atoms with E-state index in [2.05, 4.69) is 26.6 Å². The fraction of sp³-hybridized carbons (Fsp3) is 0.923. The van der Waals surface area contributed by atoms with Crippen LogP contribution in [-0.4, -0.2) is 20.3 Å². The Morgan fingerprint density at radius 2 is 1.56 bits per heavy atom. The van der Waals surface area contributed by atoms with E-state index in [1.165, 1.54) is 32.1 Å². The number of carbonyl (C=O) groups is 1. The lowest BCUT2D eigenvalue weighted by atomic mass is 10.1. The van der Waals surface area contributed by atoms with Crippen LogP contribution in [0.4, 0.5) is 0 Å². The van der Waals surface area contributed by atoms with Gasteiger partial charge in [-0.3, -0.25) is 4.79 Å². The Morgan fingerprint density at radius 3 is 2.12 bits per heavy atom. The Balaban J connectivity index is 3.31. The first-order chi connectivity index (χ1) is 7.45. The van der Waals surface area contributed by atoms with Crippen molar-refractivity contribution < 1.29 is 9.53 Å². The van der Waals surface area contributed by atoms with E-state index in [1.807, 2.05) is 0 Å². The van der Waals surface area contributed by atoms with Crippen LogP contribution in [0, 0.1) is 0 Å². The zero-order chi connectivity index (χ0) is 12.4. The molecule has 0 heterocycles. The van der Waals surface area contributed by atoms with Crippen molar-refractivity contribution in [3.63, 3.8) is 0 Å². The van der Waals surface area contributed by atoms with E-state index in [0.29, 0.717) is 12.7 Å². The number of carbonyl (C=O) groups excluding carboxylic acids is 1. The number of rotatable bonds is 9. The van der Waals surface area contributed by atoms with Gasteiger partial charge in [0, 0.05) is 6.42 Å². The monoisotopic (exact) mass is 244 g/mol.